The largest absolute Gasteiger partial charge is 0.273 e. The number of thiophene rings is 1. The summed E-state index contributed by atoms with van der Waals surface area (Å²) in [5.41, 5.74) is -0.0803. The molecule has 0 saturated heterocycles. The second kappa shape index (κ2) is 5.16. The van der Waals surface area contributed by atoms with Crippen LogP contribution in [0, 0.1) is 11.6 Å². The third-order valence-corrected chi connectivity index (χ3v) is 6.56. The number of anilines is 1. The molecule has 0 bridgehead atoms. The Morgan fingerprint density at radius 2 is 1.95 bits per heavy atom. The molecule has 2 aromatic heterocycles. The molecule has 0 saturated carbocycles. The summed E-state index contributed by atoms with van der Waals surface area (Å²) in [5, 5.41) is -0.0426. The van der Waals surface area contributed by atoms with Crippen molar-refractivity contribution in [2.24, 2.45) is 0 Å². The molecule has 0 amide bonds. The zero-order valence-corrected chi connectivity index (χ0v) is 13.1. The van der Waals surface area contributed by atoms with Crippen molar-refractivity contribution in [1.29, 1.82) is 0 Å². The van der Waals surface area contributed by atoms with Crippen LogP contribution >= 0.6 is 34.3 Å². The summed E-state index contributed by atoms with van der Waals surface area (Å²) in [4.78, 5) is 3.83. The van der Waals surface area contributed by atoms with E-state index >= 15 is 0 Å². The first-order valence-electron chi connectivity index (χ1n) is 5.39. The third-order valence-electron chi connectivity index (χ3n) is 2.45. The van der Waals surface area contributed by atoms with Gasteiger partial charge >= 0.3 is 0 Å². The van der Waals surface area contributed by atoms with Crippen LogP contribution in [0.1, 0.15) is 0 Å². The van der Waals surface area contributed by atoms with Gasteiger partial charge < -0.3 is 0 Å². The van der Waals surface area contributed by atoms with Crippen LogP contribution < -0.4 is 4.72 Å². The second-order valence-corrected chi connectivity index (χ2v) is 8.57. The molecule has 110 valence electrons. The van der Waals surface area contributed by atoms with Crippen LogP contribution in [0.4, 0.5) is 13.9 Å². The molecule has 0 radical (unpaired) electrons. The molecule has 1 aromatic carbocycles. The maximum Gasteiger partial charge on any atom is 0.273 e. The molecule has 1 N–H and O–H groups in total. The van der Waals surface area contributed by atoms with E-state index in [9.17, 15) is 17.2 Å². The average Bonchev–Trinajstić information content (AvgIpc) is 2.95. The molecule has 0 fully saturated rings. The van der Waals surface area contributed by atoms with E-state index in [-0.39, 0.29) is 19.6 Å². The molecule has 0 aliphatic heterocycles. The smallest absolute Gasteiger partial charge is 0.254 e. The van der Waals surface area contributed by atoms with Crippen molar-refractivity contribution in [2.45, 2.75) is 4.21 Å². The van der Waals surface area contributed by atoms with Gasteiger partial charge in [-0.05, 0) is 18.2 Å². The van der Waals surface area contributed by atoms with Crippen molar-refractivity contribution < 1.29 is 17.2 Å². The van der Waals surface area contributed by atoms with E-state index in [0.29, 0.717) is 10.4 Å². The molecule has 3 rings (SSSR count). The minimum atomic E-state index is -3.85. The quantitative estimate of drug-likeness (QED) is 0.759. The van der Waals surface area contributed by atoms with Gasteiger partial charge in [-0.15, -0.1) is 11.3 Å². The lowest BCUT2D eigenvalue weighted by atomic mass is 10.3. The van der Waals surface area contributed by atoms with Crippen LogP contribution in [0.3, 0.4) is 0 Å². The first-order valence-corrected chi connectivity index (χ1v) is 8.88. The minimum Gasteiger partial charge on any atom is -0.254 e. The zero-order valence-electron chi connectivity index (χ0n) is 9.93. The molecular formula is C11H5ClF2N2O2S3. The van der Waals surface area contributed by atoms with Crippen molar-refractivity contribution in [3.63, 3.8) is 0 Å². The number of hydrogen-bond donors (Lipinski definition) is 1. The van der Waals surface area contributed by atoms with Crippen LogP contribution in [0.25, 0.3) is 10.2 Å². The highest BCUT2D eigenvalue weighted by Crippen LogP contribution is 2.32. The van der Waals surface area contributed by atoms with E-state index in [1.165, 1.54) is 12.1 Å². The van der Waals surface area contributed by atoms with Crippen LogP contribution in [0.5, 0.6) is 0 Å². The van der Waals surface area contributed by atoms with Crippen LogP contribution in [-0.2, 0) is 10.0 Å². The Balaban J connectivity index is 2.00. The topological polar surface area (TPSA) is 59.1 Å². The number of fused-ring (bicyclic) bond motifs is 1. The van der Waals surface area contributed by atoms with Gasteiger partial charge in [-0.1, -0.05) is 22.9 Å². The summed E-state index contributed by atoms with van der Waals surface area (Å²) < 4.78 is 53.6. The lowest BCUT2D eigenvalue weighted by Crippen LogP contribution is -2.11. The number of thiazole rings is 1. The van der Waals surface area contributed by atoms with Crippen molar-refractivity contribution in [3.8, 4) is 0 Å². The number of nitrogens with one attached hydrogen (secondary N) is 1. The van der Waals surface area contributed by atoms with Crippen molar-refractivity contribution in [3.05, 3.63) is 40.2 Å². The number of sulfonamides is 1. The van der Waals surface area contributed by atoms with Gasteiger partial charge in [-0.2, -0.15) is 0 Å². The molecule has 4 nitrogen and oxygen atoms in total. The predicted molar refractivity (Wildman–Crippen MR) is 79.7 cm³/mol. The number of benzene rings is 1. The summed E-state index contributed by atoms with van der Waals surface area (Å²) in [7, 11) is -3.85. The van der Waals surface area contributed by atoms with Crippen molar-refractivity contribution >= 4 is 59.6 Å². The zero-order chi connectivity index (χ0) is 15.2. The SMILES string of the molecule is O=S(=O)(Nc1nc2c(F)cc(F)cc2s1)c1ccc(Cl)s1. The monoisotopic (exact) mass is 366 g/mol. The fourth-order valence-corrected chi connectivity index (χ4v) is 5.23. The maximum absolute atomic E-state index is 13.5. The van der Waals surface area contributed by atoms with E-state index in [4.69, 9.17) is 11.6 Å². The Morgan fingerprint density at radius 1 is 1.19 bits per heavy atom. The second-order valence-electron chi connectivity index (χ2n) is 3.92. The van der Waals surface area contributed by atoms with Gasteiger partial charge in [0.05, 0.1) is 9.04 Å². The van der Waals surface area contributed by atoms with Gasteiger partial charge in [0, 0.05) is 6.07 Å². The highest BCUT2D eigenvalue weighted by molar-refractivity contribution is 7.95. The normalized spacial score (nSPS) is 12.0. The summed E-state index contributed by atoms with van der Waals surface area (Å²) in [6.45, 7) is 0. The highest BCUT2D eigenvalue weighted by atomic mass is 35.5. The van der Waals surface area contributed by atoms with Gasteiger partial charge in [-0.25, -0.2) is 22.2 Å². The molecule has 3 aromatic rings. The van der Waals surface area contributed by atoms with E-state index < -0.39 is 21.7 Å². The van der Waals surface area contributed by atoms with E-state index in [1.54, 1.807) is 0 Å². The Labute approximate surface area is 131 Å². The molecule has 0 spiro atoms. The third kappa shape index (κ3) is 2.86. The maximum atomic E-state index is 13.5. The van der Waals surface area contributed by atoms with Gasteiger partial charge in [-0.3, -0.25) is 4.72 Å². The van der Waals surface area contributed by atoms with Crippen molar-refractivity contribution in [1.82, 2.24) is 4.98 Å². The lowest BCUT2D eigenvalue weighted by Gasteiger charge is -2.01. The molecule has 0 aliphatic carbocycles. The van der Waals surface area contributed by atoms with Gasteiger partial charge in [0.15, 0.2) is 10.9 Å². The first kappa shape index (κ1) is 14.6. The van der Waals surface area contributed by atoms with Gasteiger partial charge in [0.2, 0.25) is 0 Å². The molecule has 21 heavy (non-hydrogen) atoms. The molecule has 2 heterocycles. The lowest BCUT2D eigenvalue weighted by molar-refractivity contribution is 0.591. The van der Waals surface area contributed by atoms with E-state index in [1.807, 2.05) is 0 Å². The number of nitrogens with zero attached hydrogens (tertiary/aromatic N) is 1. The summed E-state index contributed by atoms with van der Waals surface area (Å²) in [6.07, 6.45) is 0. The molecular weight excluding hydrogens is 362 g/mol. The Kier molecular flexibility index (Phi) is 3.60. The Morgan fingerprint density at radius 3 is 2.62 bits per heavy atom. The van der Waals surface area contributed by atoms with Gasteiger partial charge in [0.25, 0.3) is 10.0 Å². The standard InChI is InChI=1S/C11H5ClF2N2O2S3/c12-8-1-2-9(20-8)21(17,18)16-11-15-10-6(14)3-5(13)4-7(10)19-11/h1-4H,(H,15,16). The summed E-state index contributed by atoms with van der Waals surface area (Å²) >= 11 is 7.42. The number of hydrogen-bond acceptors (Lipinski definition) is 5. The van der Waals surface area contributed by atoms with Crippen LogP contribution in [0.15, 0.2) is 28.5 Å². The fourth-order valence-electron chi connectivity index (χ4n) is 1.61. The minimum absolute atomic E-state index is 0.0124. The van der Waals surface area contributed by atoms with Crippen molar-refractivity contribution in [2.75, 3.05) is 4.72 Å². The van der Waals surface area contributed by atoms with Gasteiger partial charge in [0.1, 0.15) is 15.5 Å². The Bertz CT molecular complexity index is 936. The highest BCUT2D eigenvalue weighted by Gasteiger charge is 2.19. The number of halogens is 3. The summed E-state index contributed by atoms with van der Waals surface area (Å²) in [5.74, 6) is -1.59. The number of aromatic nitrogens is 1. The average molecular weight is 367 g/mol. The van der Waals surface area contributed by atoms with Crippen LogP contribution in [-0.4, -0.2) is 13.4 Å². The van der Waals surface area contributed by atoms with Crippen LogP contribution in [0.2, 0.25) is 4.34 Å². The van der Waals surface area contributed by atoms with E-state index in [2.05, 4.69) is 9.71 Å². The van der Waals surface area contributed by atoms with E-state index in [0.717, 1.165) is 28.7 Å². The molecule has 0 aliphatic rings. The number of rotatable bonds is 3. The molecule has 0 atom stereocenters. The fraction of sp³-hybridized carbons (Fsp3) is 0. The molecule has 10 heteroatoms. The predicted octanol–water partition coefficient (Wildman–Crippen LogP) is 4.09. The summed E-state index contributed by atoms with van der Waals surface area (Å²) in [6, 6.07) is 4.59. The molecule has 0 unspecified atom stereocenters. The Hall–Kier alpha value is -1.29. The first-order chi connectivity index (χ1) is 9.85.